The van der Waals surface area contributed by atoms with E-state index in [2.05, 4.69) is 19.0 Å². The van der Waals surface area contributed by atoms with Crippen LogP contribution in [0.3, 0.4) is 0 Å². The van der Waals surface area contributed by atoms with Gasteiger partial charge in [-0.1, -0.05) is 25.9 Å². The van der Waals surface area contributed by atoms with Crippen LogP contribution in [-0.4, -0.2) is 34.9 Å². The molecule has 5 heteroatoms. The lowest BCUT2D eigenvalue weighted by molar-refractivity contribution is -0.139. The molecule has 100 valence electrons. The van der Waals surface area contributed by atoms with Crippen molar-refractivity contribution in [3.8, 4) is 0 Å². The van der Waals surface area contributed by atoms with Crippen LogP contribution < -0.4 is 5.73 Å². The molecule has 0 saturated carbocycles. The standard InChI is InChI=1S/C12H25N3O2/c1-7-12(5,10(13)14-17)11(16)15(6)9(4)8(2)3/h8-9,17H,7H2,1-6H3,(H2,13,14). The fraction of sp³-hybridized carbons (Fsp3) is 0.833. The van der Waals surface area contributed by atoms with Gasteiger partial charge < -0.3 is 15.8 Å². The number of carbonyl (C=O) groups excluding carboxylic acids is 1. The lowest BCUT2D eigenvalue weighted by Gasteiger charge is -2.35. The number of oxime groups is 1. The second-order valence-electron chi connectivity index (χ2n) is 5.07. The molecule has 0 heterocycles. The molecule has 0 saturated heterocycles. The SMILES string of the molecule is CCC(C)(C(=O)N(C)C(C)C(C)C)C(N)=NO. The first kappa shape index (κ1) is 15.7. The molecule has 0 aromatic rings. The Labute approximate surface area is 104 Å². The first-order valence-corrected chi connectivity index (χ1v) is 5.97. The molecule has 0 aliphatic carbocycles. The number of amides is 1. The Morgan fingerprint density at radius 1 is 1.47 bits per heavy atom. The van der Waals surface area contributed by atoms with Crippen LogP contribution in [0.25, 0.3) is 0 Å². The van der Waals surface area contributed by atoms with E-state index in [4.69, 9.17) is 10.9 Å². The molecule has 2 atom stereocenters. The molecule has 1 amide bonds. The summed E-state index contributed by atoms with van der Waals surface area (Å²) in [6.45, 7) is 9.66. The van der Waals surface area contributed by atoms with E-state index in [1.54, 1.807) is 18.9 Å². The molecule has 5 nitrogen and oxygen atoms in total. The number of hydrogen-bond donors (Lipinski definition) is 2. The van der Waals surface area contributed by atoms with Gasteiger partial charge in [-0.25, -0.2) is 0 Å². The van der Waals surface area contributed by atoms with Crippen LogP contribution in [-0.2, 0) is 4.79 Å². The average Bonchev–Trinajstić information content (AvgIpc) is 2.33. The average molecular weight is 243 g/mol. The number of hydrogen-bond acceptors (Lipinski definition) is 3. The van der Waals surface area contributed by atoms with Crippen LogP contribution in [0.5, 0.6) is 0 Å². The van der Waals surface area contributed by atoms with E-state index in [0.717, 1.165) is 0 Å². The summed E-state index contributed by atoms with van der Waals surface area (Å²) in [4.78, 5) is 14.1. The van der Waals surface area contributed by atoms with E-state index in [1.807, 2.05) is 13.8 Å². The molecule has 0 aromatic heterocycles. The molecule has 0 fully saturated rings. The quantitative estimate of drug-likeness (QED) is 0.333. The maximum Gasteiger partial charge on any atom is 0.236 e. The molecule has 0 radical (unpaired) electrons. The first-order chi connectivity index (χ1) is 7.72. The Hall–Kier alpha value is -1.26. The van der Waals surface area contributed by atoms with Gasteiger partial charge in [-0.3, -0.25) is 4.79 Å². The summed E-state index contributed by atoms with van der Waals surface area (Å²) in [5.41, 5.74) is 4.69. The fourth-order valence-electron chi connectivity index (χ4n) is 1.57. The van der Waals surface area contributed by atoms with Crippen molar-refractivity contribution in [3.63, 3.8) is 0 Å². The van der Waals surface area contributed by atoms with Gasteiger partial charge in [-0.15, -0.1) is 0 Å². The zero-order valence-electron chi connectivity index (χ0n) is 11.7. The van der Waals surface area contributed by atoms with Gasteiger partial charge in [-0.2, -0.15) is 0 Å². The minimum Gasteiger partial charge on any atom is -0.409 e. The highest BCUT2D eigenvalue weighted by atomic mass is 16.4. The van der Waals surface area contributed by atoms with Gasteiger partial charge in [0, 0.05) is 13.1 Å². The van der Waals surface area contributed by atoms with Gasteiger partial charge in [-0.05, 0) is 26.2 Å². The van der Waals surface area contributed by atoms with Gasteiger partial charge in [0.2, 0.25) is 5.91 Å². The fourth-order valence-corrected chi connectivity index (χ4v) is 1.57. The summed E-state index contributed by atoms with van der Waals surface area (Å²) in [5, 5.41) is 11.8. The number of carbonyl (C=O) groups is 1. The largest absolute Gasteiger partial charge is 0.409 e. The minimum atomic E-state index is -0.938. The molecule has 3 N–H and O–H groups in total. The van der Waals surface area contributed by atoms with Crippen LogP contribution in [0, 0.1) is 11.3 Å². The van der Waals surface area contributed by atoms with Crippen molar-refractivity contribution in [2.75, 3.05) is 7.05 Å². The van der Waals surface area contributed by atoms with Crippen molar-refractivity contribution in [1.82, 2.24) is 4.90 Å². The van der Waals surface area contributed by atoms with E-state index in [9.17, 15) is 4.79 Å². The normalized spacial score (nSPS) is 17.7. The Morgan fingerprint density at radius 3 is 2.24 bits per heavy atom. The third-order valence-electron chi connectivity index (χ3n) is 3.75. The third-order valence-corrected chi connectivity index (χ3v) is 3.75. The summed E-state index contributed by atoms with van der Waals surface area (Å²) in [7, 11) is 1.76. The summed E-state index contributed by atoms with van der Waals surface area (Å²) < 4.78 is 0. The maximum atomic E-state index is 12.4. The number of rotatable bonds is 5. The van der Waals surface area contributed by atoms with Crippen LogP contribution in [0.15, 0.2) is 5.16 Å². The molecule has 2 unspecified atom stereocenters. The van der Waals surface area contributed by atoms with Gasteiger partial charge in [0.15, 0.2) is 5.84 Å². The summed E-state index contributed by atoms with van der Waals surface area (Å²) in [5.74, 6) is 0.210. The Balaban J connectivity index is 5.13. The molecule has 0 rings (SSSR count). The highest BCUT2D eigenvalue weighted by Gasteiger charge is 2.39. The predicted octanol–water partition coefficient (Wildman–Crippen LogP) is 1.65. The first-order valence-electron chi connectivity index (χ1n) is 5.97. The van der Waals surface area contributed by atoms with E-state index >= 15 is 0 Å². The molecular formula is C12H25N3O2. The number of nitrogens with zero attached hydrogens (tertiary/aromatic N) is 2. The highest BCUT2D eigenvalue weighted by Crippen LogP contribution is 2.26. The van der Waals surface area contributed by atoms with E-state index in [1.165, 1.54) is 0 Å². The van der Waals surface area contributed by atoms with Crippen LogP contribution in [0.1, 0.15) is 41.0 Å². The van der Waals surface area contributed by atoms with Crippen LogP contribution in [0.2, 0.25) is 0 Å². The summed E-state index contributed by atoms with van der Waals surface area (Å²) in [6, 6.07) is 0.111. The molecule has 17 heavy (non-hydrogen) atoms. The van der Waals surface area contributed by atoms with Gasteiger partial charge in [0.25, 0.3) is 0 Å². The van der Waals surface area contributed by atoms with Crippen molar-refractivity contribution < 1.29 is 10.0 Å². The van der Waals surface area contributed by atoms with Crippen molar-refractivity contribution in [3.05, 3.63) is 0 Å². The molecule has 0 aliphatic heterocycles. The predicted molar refractivity (Wildman–Crippen MR) is 68.9 cm³/mol. The number of nitrogens with two attached hydrogens (primary N) is 1. The molecule has 0 aliphatic rings. The zero-order valence-corrected chi connectivity index (χ0v) is 11.7. The molecule has 0 spiro atoms. The van der Waals surface area contributed by atoms with E-state index in [0.29, 0.717) is 12.3 Å². The van der Waals surface area contributed by atoms with Crippen molar-refractivity contribution in [1.29, 1.82) is 0 Å². The smallest absolute Gasteiger partial charge is 0.236 e. The minimum absolute atomic E-state index is 0.0344. The Morgan fingerprint density at radius 2 is 1.94 bits per heavy atom. The Kier molecular flexibility index (Phi) is 5.45. The summed E-state index contributed by atoms with van der Waals surface area (Å²) in [6.07, 6.45) is 0.497. The second kappa shape index (κ2) is 5.89. The van der Waals surface area contributed by atoms with Crippen LogP contribution >= 0.6 is 0 Å². The molecule has 0 aromatic carbocycles. The Bertz CT molecular complexity index is 302. The topological polar surface area (TPSA) is 78.9 Å². The van der Waals surface area contributed by atoms with Crippen LogP contribution in [0.4, 0.5) is 0 Å². The zero-order chi connectivity index (χ0) is 13.8. The summed E-state index contributed by atoms with van der Waals surface area (Å²) >= 11 is 0. The molecule has 0 bridgehead atoms. The number of amidine groups is 1. The van der Waals surface area contributed by atoms with Crippen molar-refractivity contribution >= 4 is 11.7 Å². The second-order valence-corrected chi connectivity index (χ2v) is 5.07. The lowest BCUT2D eigenvalue weighted by atomic mass is 9.84. The van der Waals surface area contributed by atoms with Gasteiger partial charge >= 0.3 is 0 Å². The van der Waals surface area contributed by atoms with Crippen molar-refractivity contribution in [2.45, 2.75) is 47.1 Å². The monoisotopic (exact) mass is 243 g/mol. The van der Waals surface area contributed by atoms with E-state index in [-0.39, 0.29) is 17.8 Å². The van der Waals surface area contributed by atoms with Gasteiger partial charge in [0.1, 0.15) is 5.41 Å². The van der Waals surface area contributed by atoms with Gasteiger partial charge in [0.05, 0.1) is 0 Å². The maximum absolute atomic E-state index is 12.4. The van der Waals surface area contributed by atoms with E-state index < -0.39 is 5.41 Å². The highest BCUT2D eigenvalue weighted by molar-refractivity contribution is 6.06. The molecular weight excluding hydrogens is 218 g/mol. The third kappa shape index (κ3) is 3.11. The van der Waals surface area contributed by atoms with Crippen molar-refractivity contribution in [2.24, 2.45) is 22.2 Å². The lowest BCUT2D eigenvalue weighted by Crippen LogP contribution is -2.51.